The Hall–Kier alpha value is -3.64. The first-order chi connectivity index (χ1) is 14.1. The van der Waals surface area contributed by atoms with Crippen LogP contribution in [-0.2, 0) is 0 Å². The number of H-pyrrole nitrogens is 1. The third kappa shape index (κ3) is 4.12. The van der Waals surface area contributed by atoms with Gasteiger partial charge >= 0.3 is 5.63 Å². The van der Waals surface area contributed by atoms with Crippen molar-refractivity contribution in [2.75, 3.05) is 7.11 Å². The number of aromatic amines is 1. The summed E-state index contributed by atoms with van der Waals surface area (Å²) in [5.74, 6) is 0.712. The van der Waals surface area contributed by atoms with Gasteiger partial charge in [-0.05, 0) is 59.7 Å². The van der Waals surface area contributed by atoms with Crippen molar-refractivity contribution in [3.05, 3.63) is 88.2 Å². The van der Waals surface area contributed by atoms with Gasteiger partial charge in [0, 0.05) is 10.6 Å². The second-order valence-corrected chi connectivity index (χ2v) is 6.63. The fourth-order valence-electron chi connectivity index (χ4n) is 2.81. The lowest BCUT2D eigenvalue weighted by molar-refractivity contribution is 0.394. The highest BCUT2D eigenvalue weighted by molar-refractivity contribution is 6.30. The van der Waals surface area contributed by atoms with Gasteiger partial charge in [0.15, 0.2) is 5.69 Å². The molecule has 1 aromatic heterocycles. The van der Waals surface area contributed by atoms with Gasteiger partial charge in [0.25, 0.3) is 0 Å². The number of rotatable bonds is 5. The Kier molecular flexibility index (Phi) is 5.27. The summed E-state index contributed by atoms with van der Waals surface area (Å²) in [6.07, 6.45) is 0. The topological polar surface area (TPSA) is 80.0 Å². The van der Waals surface area contributed by atoms with E-state index in [4.69, 9.17) is 20.9 Å². The molecule has 1 N–H and O–H groups in total. The van der Waals surface area contributed by atoms with Crippen LogP contribution in [0, 0.1) is 0 Å². The van der Waals surface area contributed by atoms with Crippen LogP contribution in [0.4, 0.5) is 11.4 Å². The molecule has 0 amide bonds. The maximum atomic E-state index is 12.0. The van der Waals surface area contributed by atoms with E-state index < -0.39 is 5.63 Å². The number of azo groups is 1. The van der Waals surface area contributed by atoms with Crippen molar-refractivity contribution < 1.29 is 9.26 Å². The van der Waals surface area contributed by atoms with Gasteiger partial charge in [-0.25, -0.2) is 9.95 Å². The zero-order valence-corrected chi connectivity index (χ0v) is 16.2. The summed E-state index contributed by atoms with van der Waals surface area (Å²) in [4.78, 5) is 12.0. The highest BCUT2D eigenvalue weighted by Gasteiger charge is 2.14. The van der Waals surface area contributed by atoms with E-state index in [0.717, 1.165) is 16.7 Å². The molecule has 1 heterocycles. The van der Waals surface area contributed by atoms with Crippen molar-refractivity contribution in [2.24, 2.45) is 10.2 Å². The number of ether oxygens (including phenoxy) is 1. The first kappa shape index (κ1) is 18.7. The molecule has 4 rings (SSSR count). The van der Waals surface area contributed by atoms with Gasteiger partial charge in [0.05, 0.1) is 12.8 Å². The second kappa shape index (κ2) is 8.16. The van der Waals surface area contributed by atoms with E-state index in [9.17, 15) is 4.79 Å². The molecule has 0 saturated heterocycles. The van der Waals surface area contributed by atoms with Crippen molar-refractivity contribution in [2.45, 2.75) is 0 Å². The minimum Gasteiger partial charge on any atom is -0.497 e. The maximum absolute atomic E-state index is 12.0. The monoisotopic (exact) mass is 405 g/mol. The van der Waals surface area contributed by atoms with E-state index in [2.05, 4.69) is 15.4 Å². The summed E-state index contributed by atoms with van der Waals surface area (Å²) in [6.45, 7) is 0. The normalized spacial score (nSPS) is 11.1. The Morgan fingerprint density at radius 2 is 1.41 bits per heavy atom. The summed E-state index contributed by atoms with van der Waals surface area (Å²) in [5.41, 5.74) is 3.41. The van der Waals surface area contributed by atoms with Crippen molar-refractivity contribution in [1.29, 1.82) is 0 Å². The van der Waals surface area contributed by atoms with Crippen molar-refractivity contribution in [3.63, 3.8) is 0 Å². The fourth-order valence-corrected chi connectivity index (χ4v) is 2.94. The largest absolute Gasteiger partial charge is 0.497 e. The molecule has 3 aromatic carbocycles. The number of hydrogen-bond acceptors (Lipinski definition) is 5. The Labute approximate surface area is 171 Å². The van der Waals surface area contributed by atoms with E-state index in [1.54, 1.807) is 31.4 Å². The minimum absolute atomic E-state index is 0.108. The summed E-state index contributed by atoms with van der Waals surface area (Å²) < 4.78 is 10.1. The van der Waals surface area contributed by atoms with Gasteiger partial charge in [-0.3, -0.25) is 0 Å². The highest BCUT2D eigenvalue weighted by Crippen LogP contribution is 2.29. The number of methoxy groups -OCH3 is 1. The molecular weight excluding hydrogens is 390 g/mol. The summed E-state index contributed by atoms with van der Waals surface area (Å²) in [5, 5.41) is 11.6. The van der Waals surface area contributed by atoms with Crippen LogP contribution in [0.15, 0.2) is 92.3 Å². The molecule has 0 unspecified atom stereocenters. The van der Waals surface area contributed by atoms with Crippen LogP contribution in [0.2, 0.25) is 5.02 Å². The summed E-state index contributed by atoms with van der Waals surface area (Å²) >= 11 is 5.93. The molecule has 144 valence electrons. The molecule has 29 heavy (non-hydrogen) atoms. The van der Waals surface area contributed by atoms with Crippen LogP contribution in [0.3, 0.4) is 0 Å². The Balaban J connectivity index is 1.58. The lowest BCUT2D eigenvalue weighted by Gasteiger charge is -2.02. The zero-order chi connectivity index (χ0) is 20.2. The molecule has 0 spiro atoms. The predicted molar refractivity (Wildman–Crippen MR) is 112 cm³/mol. The summed E-state index contributed by atoms with van der Waals surface area (Å²) in [7, 11) is 1.59. The van der Waals surface area contributed by atoms with Crippen LogP contribution in [0.5, 0.6) is 5.75 Å². The second-order valence-electron chi connectivity index (χ2n) is 6.20. The number of nitrogens with zero attached hydrogens (tertiary/aromatic N) is 2. The van der Waals surface area contributed by atoms with Crippen LogP contribution < -0.4 is 10.4 Å². The molecule has 4 aromatic rings. The lowest BCUT2D eigenvalue weighted by Crippen LogP contribution is -1.90. The van der Waals surface area contributed by atoms with E-state index in [0.29, 0.717) is 22.2 Å². The van der Waals surface area contributed by atoms with E-state index in [1.807, 2.05) is 48.5 Å². The van der Waals surface area contributed by atoms with Crippen molar-refractivity contribution >= 4 is 23.0 Å². The van der Waals surface area contributed by atoms with E-state index in [1.165, 1.54) is 0 Å². The van der Waals surface area contributed by atoms with E-state index >= 15 is 0 Å². The number of nitrogens with one attached hydrogen (secondary N) is 1. The first-order valence-electron chi connectivity index (χ1n) is 8.78. The molecule has 6 nitrogen and oxygen atoms in total. The van der Waals surface area contributed by atoms with Crippen LogP contribution in [-0.4, -0.2) is 12.3 Å². The Morgan fingerprint density at radius 3 is 2.03 bits per heavy atom. The highest BCUT2D eigenvalue weighted by atomic mass is 35.5. The molecular formula is C22H16ClN3O3. The van der Waals surface area contributed by atoms with Gasteiger partial charge in [-0.1, -0.05) is 35.9 Å². The number of benzene rings is 3. The molecule has 0 atom stereocenters. The standard InChI is InChI=1S/C22H16ClN3O3/c1-28-19-12-6-16(7-13-19)20-21(22(27)29-26-20)25-24-18-10-4-15(5-11-18)14-2-8-17(23)9-3-14/h2-13,26H,1H3. The number of halogens is 1. The maximum Gasteiger partial charge on any atom is 0.385 e. The molecule has 0 aliphatic rings. The molecule has 0 saturated carbocycles. The Bertz CT molecular complexity index is 1190. The fraction of sp³-hybridized carbons (Fsp3) is 0.0455. The average Bonchev–Trinajstić information content (AvgIpc) is 3.13. The van der Waals surface area contributed by atoms with Crippen LogP contribution >= 0.6 is 11.6 Å². The average molecular weight is 406 g/mol. The quantitative estimate of drug-likeness (QED) is 0.391. The van der Waals surface area contributed by atoms with Gasteiger partial charge in [-0.15, -0.1) is 5.11 Å². The molecule has 0 aliphatic heterocycles. The number of hydrogen-bond donors (Lipinski definition) is 1. The molecule has 0 fully saturated rings. The van der Waals surface area contributed by atoms with E-state index in [-0.39, 0.29) is 5.69 Å². The SMILES string of the molecule is COc1ccc(-c2[nH]oc(=O)c2N=Nc2ccc(-c3ccc(Cl)cc3)cc2)cc1. The lowest BCUT2D eigenvalue weighted by atomic mass is 10.1. The van der Waals surface area contributed by atoms with Gasteiger partial charge < -0.3 is 9.26 Å². The van der Waals surface area contributed by atoms with Crippen LogP contribution in [0.25, 0.3) is 22.4 Å². The number of aromatic nitrogens is 1. The molecule has 0 radical (unpaired) electrons. The predicted octanol–water partition coefficient (Wildman–Crippen LogP) is 6.38. The smallest absolute Gasteiger partial charge is 0.385 e. The third-order valence-corrected chi connectivity index (χ3v) is 4.62. The Morgan fingerprint density at radius 1 is 0.828 bits per heavy atom. The van der Waals surface area contributed by atoms with Gasteiger partial charge in [-0.2, -0.15) is 5.11 Å². The molecule has 7 heteroatoms. The van der Waals surface area contributed by atoms with Crippen LogP contribution in [0.1, 0.15) is 0 Å². The zero-order valence-electron chi connectivity index (χ0n) is 15.4. The molecule has 0 bridgehead atoms. The minimum atomic E-state index is -0.586. The van der Waals surface area contributed by atoms with Gasteiger partial charge in [0.2, 0.25) is 0 Å². The molecule has 0 aliphatic carbocycles. The van der Waals surface area contributed by atoms with Crippen molar-refractivity contribution in [1.82, 2.24) is 5.16 Å². The van der Waals surface area contributed by atoms with Gasteiger partial charge in [0.1, 0.15) is 11.4 Å². The van der Waals surface area contributed by atoms with Crippen molar-refractivity contribution in [3.8, 4) is 28.1 Å². The first-order valence-corrected chi connectivity index (χ1v) is 9.15. The summed E-state index contributed by atoms with van der Waals surface area (Å²) in [6, 6.07) is 22.3. The third-order valence-electron chi connectivity index (χ3n) is 4.36.